The fourth-order valence-electron chi connectivity index (χ4n) is 3.32. The van der Waals surface area contributed by atoms with Crippen molar-refractivity contribution in [2.45, 2.75) is 12.5 Å². The second-order valence-electron chi connectivity index (χ2n) is 5.79. The van der Waals surface area contributed by atoms with E-state index in [9.17, 15) is 4.79 Å². The Kier molecular flexibility index (Phi) is 3.43. The van der Waals surface area contributed by atoms with Gasteiger partial charge in [-0.15, -0.1) is 0 Å². The molecule has 1 amide bonds. The van der Waals surface area contributed by atoms with E-state index in [0.717, 1.165) is 22.4 Å². The van der Waals surface area contributed by atoms with Crippen molar-refractivity contribution < 1.29 is 4.79 Å². The van der Waals surface area contributed by atoms with Crippen LogP contribution in [0, 0.1) is 0 Å². The van der Waals surface area contributed by atoms with E-state index in [1.54, 1.807) is 0 Å². The molecular weight excluding hydrogens is 282 g/mol. The largest absolute Gasteiger partial charge is 0.300 e. The van der Waals surface area contributed by atoms with E-state index in [2.05, 4.69) is 24.3 Å². The van der Waals surface area contributed by atoms with Gasteiger partial charge < -0.3 is 4.90 Å². The molecular formula is C21H17NO. The van der Waals surface area contributed by atoms with Crippen molar-refractivity contribution in [2.24, 2.45) is 0 Å². The van der Waals surface area contributed by atoms with Crippen LogP contribution in [0.4, 0.5) is 5.69 Å². The minimum atomic E-state index is -0.0893. The van der Waals surface area contributed by atoms with Crippen molar-refractivity contribution in [3.63, 3.8) is 0 Å². The van der Waals surface area contributed by atoms with Crippen LogP contribution < -0.4 is 4.90 Å². The highest BCUT2D eigenvalue weighted by Crippen LogP contribution is 2.39. The van der Waals surface area contributed by atoms with Gasteiger partial charge in [-0.25, -0.2) is 0 Å². The molecule has 0 aromatic heterocycles. The first kappa shape index (κ1) is 13.8. The maximum Gasteiger partial charge on any atom is 0.232 e. The van der Waals surface area contributed by atoms with E-state index in [1.165, 1.54) is 0 Å². The molecule has 0 atom stereocenters. The fourth-order valence-corrected chi connectivity index (χ4v) is 3.32. The molecule has 1 heterocycles. The van der Waals surface area contributed by atoms with Crippen LogP contribution in [0.2, 0.25) is 0 Å². The van der Waals surface area contributed by atoms with Gasteiger partial charge in [-0.3, -0.25) is 4.79 Å². The number of rotatable bonds is 3. The first-order valence-corrected chi connectivity index (χ1v) is 7.84. The van der Waals surface area contributed by atoms with Gasteiger partial charge >= 0.3 is 0 Å². The third kappa shape index (κ3) is 2.42. The van der Waals surface area contributed by atoms with Gasteiger partial charge in [0, 0.05) is 5.69 Å². The van der Waals surface area contributed by atoms with E-state index in [1.807, 2.05) is 65.6 Å². The molecule has 2 nitrogen and oxygen atoms in total. The number of benzene rings is 3. The zero-order valence-corrected chi connectivity index (χ0v) is 12.7. The molecule has 4 rings (SSSR count). The lowest BCUT2D eigenvalue weighted by Gasteiger charge is -2.29. The Hall–Kier alpha value is -2.87. The number of hydrogen-bond acceptors (Lipinski definition) is 1. The Bertz CT molecular complexity index is 787. The summed E-state index contributed by atoms with van der Waals surface area (Å²) in [6.45, 7) is 0. The Morgan fingerprint density at radius 2 is 1.22 bits per heavy atom. The second kappa shape index (κ2) is 5.73. The monoisotopic (exact) mass is 299 g/mol. The smallest absolute Gasteiger partial charge is 0.232 e. The Labute approximate surface area is 136 Å². The molecule has 0 spiro atoms. The second-order valence-corrected chi connectivity index (χ2v) is 5.79. The van der Waals surface area contributed by atoms with Crippen LogP contribution >= 0.6 is 0 Å². The number of anilines is 1. The van der Waals surface area contributed by atoms with Gasteiger partial charge in [0.2, 0.25) is 5.91 Å². The zero-order chi connectivity index (χ0) is 15.6. The van der Waals surface area contributed by atoms with Gasteiger partial charge in [-0.05, 0) is 22.8 Å². The van der Waals surface area contributed by atoms with E-state index >= 15 is 0 Å². The van der Waals surface area contributed by atoms with Crippen molar-refractivity contribution in [2.75, 3.05) is 4.90 Å². The average molecular weight is 299 g/mol. The Morgan fingerprint density at radius 3 is 1.83 bits per heavy atom. The van der Waals surface area contributed by atoms with Crippen LogP contribution in [0.15, 0.2) is 84.9 Å². The van der Waals surface area contributed by atoms with Gasteiger partial charge in [-0.1, -0.05) is 78.9 Å². The highest BCUT2D eigenvalue weighted by molar-refractivity contribution is 6.02. The molecule has 0 N–H and O–H groups in total. The van der Waals surface area contributed by atoms with Gasteiger partial charge in [0.25, 0.3) is 0 Å². The van der Waals surface area contributed by atoms with Crippen LogP contribution in [-0.2, 0) is 11.2 Å². The molecule has 0 saturated carbocycles. The lowest BCUT2D eigenvalue weighted by molar-refractivity contribution is -0.117. The van der Waals surface area contributed by atoms with E-state index in [-0.39, 0.29) is 11.9 Å². The quantitative estimate of drug-likeness (QED) is 0.703. The number of nitrogens with zero attached hydrogens (tertiary/aromatic N) is 1. The molecule has 2 heteroatoms. The minimum Gasteiger partial charge on any atom is -0.300 e. The molecule has 0 unspecified atom stereocenters. The summed E-state index contributed by atoms with van der Waals surface area (Å²) in [4.78, 5) is 14.7. The van der Waals surface area contributed by atoms with Crippen molar-refractivity contribution >= 4 is 11.6 Å². The summed E-state index contributed by atoms with van der Waals surface area (Å²) in [7, 11) is 0. The molecule has 0 aliphatic carbocycles. The third-order valence-electron chi connectivity index (χ3n) is 4.35. The van der Waals surface area contributed by atoms with Gasteiger partial charge in [0.15, 0.2) is 0 Å². The number of carbonyl (C=O) groups excluding carboxylic acids is 1. The number of hydrogen-bond donors (Lipinski definition) is 0. The van der Waals surface area contributed by atoms with Crippen LogP contribution in [0.5, 0.6) is 0 Å². The fraction of sp³-hybridized carbons (Fsp3) is 0.0952. The molecule has 23 heavy (non-hydrogen) atoms. The molecule has 0 radical (unpaired) electrons. The molecule has 112 valence electrons. The maximum atomic E-state index is 12.7. The number of para-hydroxylation sites is 1. The van der Waals surface area contributed by atoms with Crippen LogP contribution in [0.1, 0.15) is 22.7 Å². The summed E-state index contributed by atoms with van der Waals surface area (Å²) in [5.41, 5.74) is 4.39. The first-order chi connectivity index (χ1) is 11.3. The Morgan fingerprint density at radius 1 is 0.696 bits per heavy atom. The van der Waals surface area contributed by atoms with Crippen molar-refractivity contribution in [1.29, 1.82) is 0 Å². The highest BCUT2D eigenvalue weighted by atomic mass is 16.2. The lowest BCUT2D eigenvalue weighted by atomic mass is 9.97. The molecule has 3 aromatic carbocycles. The SMILES string of the molecule is O=C1Cc2ccccc2N1C(c1ccccc1)c1ccccc1. The normalized spacial score (nSPS) is 13.4. The lowest BCUT2D eigenvalue weighted by Crippen LogP contribution is -2.32. The molecule has 0 bridgehead atoms. The summed E-state index contributed by atoms with van der Waals surface area (Å²) in [6, 6.07) is 28.5. The minimum absolute atomic E-state index is 0.0893. The summed E-state index contributed by atoms with van der Waals surface area (Å²) < 4.78 is 0. The van der Waals surface area contributed by atoms with E-state index in [0.29, 0.717) is 6.42 Å². The summed E-state index contributed by atoms with van der Waals surface area (Å²) in [5.74, 6) is 0.156. The molecule has 1 aliphatic heterocycles. The molecule has 1 aliphatic rings. The average Bonchev–Trinajstić information content (AvgIpc) is 2.94. The summed E-state index contributed by atoms with van der Waals surface area (Å²) in [6.07, 6.45) is 0.479. The molecule has 0 saturated heterocycles. The maximum absolute atomic E-state index is 12.7. The highest BCUT2D eigenvalue weighted by Gasteiger charge is 2.34. The first-order valence-electron chi connectivity index (χ1n) is 7.84. The number of carbonyl (C=O) groups is 1. The Balaban J connectivity index is 1.88. The van der Waals surface area contributed by atoms with Gasteiger partial charge in [-0.2, -0.15) is 0 Å². The number of amides is 1. The van der Waals surface area contributed by atoms with Crippen molar-refractivity contribution in [1.82, 2.24) is 0 Å². The standard InChI is InChI=1S/C21H17NO/c23-20-15-18-13-7-8-14-19(18)22(20)21(16-9-3-1-4-10-16)17-11-5-2-6-12-17/h1-14,21H,15H2. The number of fused-ring (bicyclic) bond motifs is 1. The molecule has 3 aromatic rings. The van der Waals surface area contributed by atoms with E-state index in [4.69, 9.17) is 0 Å². The van der Waals surface area contributed by atoms with Crippen molar-refractivity contribution in [3.8, 4) is 0 Å². The molecule has 0 fully saturated rings. The third-order valence-corrected chi connectivity index (χ3v) is 4.35. The topological polar surface area (TPSA) is 20.3 Å². The van der Waals surface area contributed by atoms with E-state index < -0.39 is 0 Å². The van der Waals surface area contributed by atoms with Gasteiger partial charge in [0.1, 0.15) is 0 Å². The zero-order valence-electron chi connectivity index (χ0n) is 12.7. The van der Waals surface area contributed by atoms with Crippen LogP contribution in [-0.4, -0.2) is 5.91 Å². The predicted octanol–water partition coefficient (Wildman–Crippen LogP) is 4.37. The van der Waals surface area contributed by atoms with Crippen LogP contribution in [0.25, 0.3) is 0 Å². The van der Waals surface area contributed by atoms with Crippen LogP contribution in [0.3, 0.4) is 0 Å². The summed E-state index contributed by atoms with van der Waals surface area (Å²) >= 11 is 0. The summed E-state index contributed by atoms with van der Waals surface area (Å²) in [5, 5.41) is 0. The van der Waals surface area contributed by atoms with Crippen molar-refractivity contribution in [3.05, 3.63) is 102 Å². The predicted molar refractivity (Wildman–Crippen MR) is 92.4 cm³/mol. The van der Waals surface area contributed by atoms with Gasteiger partial charge in [0.05, 0.1) is 12.5 Å².